The van der Waals surface area contributed by atoms with Gasteiger partial charge in [0.25, 0.3) is 0 Å². The van der Waals surface area contributed by atoms with E-state index in [1.165, 1.54) is 0 Å². The lowest BCUT2D eigenvalue weighted by Crippen LogP contribution is -2.07. The summed E-state index contributed by atoms with van der Waals surface area (Å²) in [4.78, 5) is 2.16. The Hall–Kier alpha value is -2.51. The van der Waals surface area contributed by atoms with Gasteiger partial charge in [0.2, 0.25) is 0 Å². The molecule has 0 radical (unpaired) electrons. The third-order valence-electron chi connectivity index (χ3n) is 3.35. The number of nitrogens with zero attached hydrogens (tertiary/aromatic N) is 1. The molecular weight excluding hydrogens is 290 g/mol. The molecule has 3 aromatic carbocycles. The molecule has 0 atom stereocenters. The van der Waals surface area contributed by atoms with Gasteiger partial charge < -0.3 is 4.90 Å². The largest absolute Gasteiger partial charge is 0.317 e. The zero-order valence-corrected chi connectivity index (χ0v) is 12.8. The van der Waals surface area contributed by atoms with E-state index in [-0.39, 0.29) is 0 Å². The standard InChI is InChI=1S/C20H16ClN/c21-18-13-11-17(12-14-18)15-16-22(19-7-3-1-4-8-19)20-9-5-2-6-10-20/h1-16H/b16-15+. The van der Waals surface area contributed by atoms with Crippen LogP contribution >= 0.6 is 11.6 Å². The Kier molecular flexibility index (Phi) is 4.57. The fourth-order valence-electron chi connectivity index (χ4n) is 2.23. The van der Waals surface area contributed by atoms with E-state index in [1.807, 2.05) is 60.7 Å². The summed E-state index contributed by atoms with van der Waals surface area (Å²) in [6.07, 6.45) is 4.16. The maximum Gasteiger partial charge on any atom is 0.0455 e. The highest BCUT2D eigenvalue weighted by Gasteiger charge is 2.04. The van der Waals surface area contributed by atoms with Crippen molar-refractivity contribution in [1.82, 2.24) is 0 Å². The third-order valence-corrected chi connectivity index (χ3v) is 3.61. The molecule has 0 N–H and O–H groups in total. The van der Waals surface area contributed by atoms with Crippen molar-refractivity contribution in [2.75, 3.05) is 4.90 Å². The van der Waals surface area contributed by atoms with E-state index in [4.69, 9.17) is 11.6 Å². The van der Waals surface area contributed by atoms with Crippen molar-refractivity contribution in [1.29, 1.82) is 0 Å². The quantitative estimate of drug-likeness (QED) is 0.559. The van der Waals surface area contributed by atoms with Crippen molar-refractivity contribution < 1.29 is 0 Å². The summed E-state index contributed by atoms with van der Waals surface area (Å²) >= 11 is 5.93. The van der Waals surface area contributed by atoms with Gasteiger partial charge in [0.05, 0.1) is 0 Å². The molecule has 2 heteroatoms. The smallest absolute Gasteiger partial charge is 0.0455 e. The first-order chi connectivity index (χ1) is 10.8. The topological polar surface area (TPSA) is 3.24 Å². The number of benzene rings is 3. The highest BCUT2D eigenvalue weighted by molar-refractivity contribution is 6.30. The van der Waals surface area contributed by atoms with Crippen molar-refractivity contribution in [2.45, 2.75) is 0 Å². The summed E-state index contributed by atoms with van der Waals surface area (Å²) in [5.41, 5.74) is 3.36. The number of anilines is 2. The summed E-state index contributed by atoms with van der Waals surface area (Å²) in [5.74, 6) is 0. The second-order valence-corrected chi connectivity index (χ2v) is 5.34. The summed E-state index contributed by atoms with van der Waals surface area (Å²) in [6.45, 7) is 0. The van der Waals surface area contributed by atoms with E-state index in [2.05, 4.69) is 41.4 Å². The monoisotopic (exact) mass is 305 g/mol. The fraction of sp³-hybridized carbons (Fsp3) is 0. The lowest BCUT2D eigenvalue weighted by Gasteiger charge is -2.20. The predicted molar refractivity (Wildman–Crippen MR) is 95.5 cm³/mol. The first-order valence-corrected chi connectivity index (χ1v) is 7.54. The van der Waals surface area contributed by atoms with Crippen LogP contribution in [0.1, 0.15) is 5.56 Å². The Morgan fingerprint density at radius 3 is 1.64 bits per heavy atom. The Morgan fingerprint density at radius 1 is 0.636 bits per heavy atom. The SMILES string of the molecule is Clc1ccc(/C=C/N(c2ccccc2)c2ccccc2)cc1. The summed E-state index contributed by atoms with van der Waals surface area (Å²) < 4.78 is 0. The van der Waals surface area contributed by atoms with Crippen molar-refractivity contribution >= 4 is 29.1 Å². The Morgan fingerprint density at radius 2 is 1.14 bits per heavy atom. The number of hydrogen-bond acceptors (Lipinski definition) is 1. The fourth-order valence-corrected chi connectivity index (χ4v) is 2.36. The van der Waals surface area contributed by atoms with Gasteiger partial charge >= 0.3 is 0 Å². The van der Waals surface area contributed by atoms with Gasteiger partial charge in [-0.25, -0.2) is 0 Å². The normalized spacial score (nSPS) is 10.8. The second kappa shape index (κ2) is 6.97. The van der Waals surface area contributed by atoms with E-state index in [9.17, 15) is 0 Å². The minimum Gasteiger partial charge on any atom is -0.317 e. The summed E-state index contributed by atoms with van der Waals surface area (Å²) in [6, 6.07) is 28.4. The molecule has 108 valence electrons. The molecular formula is C20H16ClN. The molecule has 0 aromatic heterocycles. The van der Waals surface area contributed by atoms with Crippen molar-refractivity contribution in [3.8, 4) is 0 Å². The average Bonchev–Trinajstić information content (AvgIpc) is 2.59. The molecule has 22 heavy (non-hydrogen) atoms. The van der Waals surface area contributed by atoms with Gasteiger partial charge in [0.1, 0.15) is 0 Å². The zero-order valence-electron chi connectivity index (χ0n) is 12.1. The van der Waals surface area contributed by atoms with Crippen molar-refractivity contribution in [3.05, 3.63) is 102 Å². The van der Waals surface area contributed by atoms with Gasteiger partial charge in [-0.3, -0.25) is 0 Å². The molecule has 0 aliphatic carbocycles. The Bertz CT molecular complexity index is 694. The van der Waals surface area contributed by atoms with Crippen LogP contribution in [-0.2, 0) is 0 Å². The minimum atomic E-state index is 0.750. The van der Waals surface area contributed by atoms with Gasteiger partial charge in [-0.05, 0) is 48.0 Å². The number of halogens is 1. The summed E-state index contributed by atoms with van der Waals surface area (Å²) in [5, 5.41) is 0.750. The summed E-state index contributed by atoms with van der Waals surface area (Å²) in [7, 11) is 0. The van der Waals surface area contributed by atoms with Crippen LogP contribution in [0, 0.1) is 0 Å². The predicted octanol–water partition coefficient (Wildman–Crippen LogP) is 6.15. The van der Waals surface area contributed by atoms with Crippen LogP contribution in [0.4, 0.5) is 11.4 Å². The molecule has 1 nitrogen and oxygen atoms in total. The van der Waals surface area contributed by atoms with Gasteiger partial charge in [0, 0.05) is 22.6 Å². The maximum absolute atomic E-state index is 5.93. The molecule has 0 unspecified atom stereocenters. The molecule has 0 bridgehead atoms. The van der Waals surface area contributed by atoms with Crippen LogP contribution in [0.2, 0.25) is 5.02 Å². The van der Waals surface area contributed by atoms with E-state index in [1.54, 1.807) is 0 Å². The molecule has 0 fully saturated rings. The minimum absolute atomic E-state index is 0.750. The van der Waals surface area contributed by atoms with E-state index < -0.39 is 0 Å². The van der Waals surface area contributed by atoms with E-state index in [0.717, 1.165) is 22.0 Å². The second-order valence-electron chi connectivity index (χ2n) is 4.91. The highest BCUT2D eigenvalue weighted by Crippen LogP contribution is 2.25. The number of rotatable bonds is 4. The van der Waals surface area contributed by atoms with Crippen LogP contribution in [0.3, 0.4) is 0 Å². The number of para-hydroxylation sites is 2. The Balaban J connectivity index is 1.94. The van der Waals surface area contributed by atoms with Gasteiger partial charge in [-0.15, -0.1) is 0 Å². The van der Waals surface area contributed by atoms with Crippen LogP contribution in [-0.4, -0.2) is 0 Å². The van der Waals surface area contributed by atoms with Gasteiger partial charge in [0.15, 0.2) is 0 Å². The van der Waals surface area contributed by atoms with Gasteiger partial charge in [-0.1, -0.05) is 60.1 Å². The van der Waals surface area contributed by atoms with Crippen LogP contribution in [0.25, 0.3) is 6.08 Å². The van der Waals surface area contributed by atoms with Crippen LogP contribution in [0.5, 0.6) is 0 Å². The first-order valence-electron chi connectivity index (χ1n) is 7.16. The molecule has 0 saturated heterocycles. The number of hydrogen-bond donors (Lipinski definition) is 0. The molecule has 0 heterocycles. The highest BCUT2D eigenvalue weighted by atomic mass is 35.5. The van der Waals surface area contributed by atoms with Crippen LogP contribution < -0.4 is 4.90 Å². The molecule has 0 aliphatic heterocycles. The van der Waals surface area contributed by atoms with Crippen molar-refractivity contribution in [3.63, 3.8) is 0 Å². The maximum atomic E-state index is 5.93. The Labute approximate surface area is 136 Å². The van der Waals surface area contributed by atoms with E-state index in [0.29, 0.717) is 0 Å². The molecule has 3 aromatic rings. The molecule has 0 saturated carbocycles. The average molecular weight is 306 g/mol. The first kappa shape index (κ1) is 14.4. The third kappa shape index (κ3) is 3.57. The molecule has 0 amide bonds. The van der Waals surface area contributed by atoms with E-state index >= 15 is 0 Å². The zero-order chi connectivity index (χ0) is 15.2. The molecule has 0 aliphatic rings. The molecule has 0 spiro atoms. The lowest BCUT2D eigenvalue weighted by molar-refractivity contribution is 1.29. The molecule has 3 rings (SSSR count). The van der Waals surface area contributed by atoms with Crippen molar-refractivity contribution in [2.24, 2.45) is 0 Å². The lowest BCUT2D eigenvalue weighted by atomic mass is 10.2. The van der Waals surface area contributed by atoms with Crippen LogP contribution in [0.15, 0.2) is 91.1 Å². The van der Waals surface area contributed by atoms with Gasteiger partial charge in [-0.2, -0.15) is 0 Å².